The SMILES string of the molecule is CC(CO)CSc1cccc(F)c1CNC1CC1. The summed E-state index contributed by atoms with van der Waals surface area (Å²) in [5, 5.41) is 12.4. The van der Waals surface area contributed by atoms with E-state index in [9.17, 15) is 4.39 Å². The third-order valence-corrected chi connectivity index (χ3v) is 4.48. The third kappa shape index (κ3) is 3.97. The molecular weight excluding hydrogens is 249 g/mol. The smallest absolute Gasteiger partial charge is 0.128 e. The first-order valence-corrected chi connectivity index (χ1v) is 7.43. The van der Waals surface area contributed by atoms with Crippen LogP contribution < -0.4 is 5.32 Å². The lowest BCUT2D eigenvalue weighted by Gasteiger charge is -2.13. The first-order chi connectivity index (χ1) is 8.70. The predicted molar refractivity (Wildman–Crippen MR) is 73.2 cm³/mol. The Morgan fingerprint density at radius 3 is 2.94 bits per heavy atom. The lowest BCUT2D eigenvalue weighted by molar-refractivity contribution is 0.250. The Balaban J connectivity index is 1.99. The molecule has 1 saturated carbocycles. The van der Waals surface area contributed by atoms with Gasteiger partial charge in [-0.25, -0.2) is 4.39 Å². The van der Waals surface area contributed by atoms with Gasteiger partial charge in [0.1, 0.15) is 5.82 Å². The fourth-order valence-corrected chi connectivity index (χ4v) is 2.75. The molecule has 0 amide bonds. The zero-order valence-electron chi connectivity index (χ0n) is 10.7. The maximum Gasteiger partial charge on any atom is 0.128 e. The fourth-order valence-electron chi connectivity index (χ4n) is 1.66. The summed E-state index contributed by atoms with van der Waals surface area (Å²) in [5.41, 5.74) is 0.763. The molecule has 1 aliphatic rings. The summed E-state index contributed by atoms with van der Waals surface area (Å²) < 4.78 is 13.8. The van der Waals surface area contributed by atoms with Gasteiger partial charge in [-0.2, -0.15) is 0 Å². The Hall–Kier alpha value is -0.580. The van der Waals surface area contributed by atoms with Crippen LogP contribution in [0, 0.1) is 11.7 Å². The minimum Gasteiger partial charge on any atom is -0.396 e. The Bertz CT molecular complexity index is 395. The predicted octanol–water partition coefficient (Wildman–Crippen LogP) is 2.80. The van der Waals surface area contributed by atoms with Crippen LogP contribution in [0.3, 0.4) is 0 Å². The average molecular weight is 269 g/mol. The first kappa shape index (κ1) is 13.8. The number of hydrogen-bond acceptors (Lipinski definition) is 3. The molecule has 0 aromatic heterocycles. The zero-order valence-corrected chi connectivity index (χ0v) is 11.5. The Kier molecular flexibility index (Phi) is 5.03. The fraction of sp³-hybridized carbons (Fsp3) is 0.571. The van der Waals surface area contributed by atoms with Crippen molar-refractivity contribution < 1.29 is 9.50 Å². The molecule has 1 atom stereocenters. The highest BCUT2D eigenvalue weighted by molar-refractivity contribution is 7.99. The van der Waals surface area contributed by atoms with Crippen LogP contribution in [0.1, 0.15) is 25.3 Å². The lowest BCUT2D eigenvalue weighted by atomic mass is 10.2. The van der Waals surface area contributed by atoms with Gasteiger partial charge in [-0.3, -0.25) is 0 Å². The van der Waals surface area contributed by atoms with E-state index in [0.717, 1.165) is 16.2 Å². The molecule has 0 spiro atoms. The summed E-state index contributed by atoms with van der Waals surface area (Å²) in [6.07, 6.45) is 2.41. The van der Waals surface area contributed by atoms with Gasteiger partial charge in [0.25, 0.3) is 0 Å². The van der Waals surface area contributed by atoms with E-state index in [1.165, 1.54) is 18.9 Å². The van der Waals surface area contributed by atoms with Crippen LogP contribution in [0.15, 0.2) is 23.1 Å². The molecule has 100 valence electrons. The van der Waals surface area contributed by atoms with Gasteiger partial charge < -0.3 is 10.4 Å². The van der Waals surface area contributed by atoms with E-state index < -0.39 is 0 Å². The molecule has 0 bridgehead atoms. The maximum atomic E-state index is 13.8. The lowest BCUT2D eigenvalue weighted by Crippen LogP contribution is -2.17. The quantitative estimate of drug-likeness (QED) is 0.747. The van der Waals surface area contributed by atoms with Gasteiger partial charge in [0.15, 0.2) is 0 Å². The third-order valence-electron chi connectivity index (χ3n) is 3.06. The van der Waals surface area contributed by atoms with Gasteiger partial charge in [0, 0.05) is 35.4 Å². The number of halogens is 1. The van der Waals surface area contributed by atoms with Crippen molar-refractivity contribution in [3.05, 3.63) is 29.6 Å². The van der Waals surface area contributed by atoms with Crippen molar-refractivity contribution in [3.63, 3.8) is 0 Å². The normalized spacial score (nSPS) is 16.8. The monoisotopic (exact) mass is 269 g/mol. The van der Waals surface area contributed by atoms with Gasteiger partial charge >= 0.3 is 0 Å². The molecule has 0 heterocycles. The molecule has 0 radical (unpaired) electrons. The molecular formula is C14H20FNOS. The summed E-state index contributed by atoms with van der Waals surface area (Å²) in [6, 6.07) is 5.81. The van der Waals surface area contributed by atoms with Crippen LogP contribution >= 0.6 is 11.8 Å². The average Bonchev–Trinajstić information content (AvgIpc) is 3.18. The zero-order chi connectivity index (χ0) is 13.0. The van der Waals surface area contributed by atoms with Crippen molar-refractivity contribution in [2.24, 2.45) is 5.92 Å². The van der Waals surface area contributed by atoms with E-state index in [-0.39, 0.29) is 18.3 Å². The van der Waals surface area contributed by atoms with Crippen LogP contribution in [0.4, 0.5) is 4.39 Å². The van der Waals surface area contributed by atoms with E-state index in [2.05, 4.69) is 5.32 Å². The van der Waals surface area contributed by atoms with E-state index in [1.807, 2.05) is 13.0 Å². The molecule has 2 rings (SSSR count). The van der Waals surface area contributed by atoms with Crippen molar-refractivity contribution >= 4 is 11.8 Å². The molecule has 1 aromatic rings. The number of rotatable bonds is 7. The molecule has 0 aliphatic heterocycles. The van der Waals surface area contributed by atoms with Gasteiger partial charge in [-0.1, -0.05) is 13.0 Å². The topological polar surface area (TPSA) is 32.3 Å². The van der Waals surface area contributed by atoms with E-state index >= 15 is 0 Å². The standard InChI is InChI=1S/C14H20FNOS/c1-10(8-17)9-18-14-4-2-3-13(15)12(14)7-16-11-5-6-11/h2-4,10-11,16-17H,5-9H2,1H3. The van der Waals surface area contributed by atoms with Crippen LogP contribution in [0.25, 0.3) is 0 Å². The summed E-state index contributed by atoms with van der Waals surface area (Å²) in [4.78, 5) is 0.989. The highest BCUT2D eigenvalue weighted by Gasteiger charge is 2.21. The molecule has 1 fully saturated rings. The number of benzene rings is 1. The van der Waals surface area contributed by atoms with Crippen molar-refractivity contribution in [1.29, 1.82) is 0 Å². The number of aliphatic hydroxyl groups is 1. The van der Waals surface area contributed by atoms with E-state index in [1.54, 1.807) is 17.8 Å². The summed E-state index contributed by atoms with van der Waals surface area (Å²) in [5.74, 6) is 0.920. The summed E-state index contributed by atoms with van der Waals surface area (Å²) in [7, 11) is 0. The van der Waals surface area contributed by atoms with Gasteiger partial charge in [-0.15, -0.1) is 11.8 Å². The van der Waals surface area contributed by atoms with Crippen molar-refractivity contribution in [1.82, 2.24) is 5.32 Å². The number of nitrogens with one attached hydrogen (secondary N) is 1. The number of aliphatic hydroxyl groups excluding tert-OH is 1. The highest BCUT2D eigenvalue weighted by atomic mass is 32.2. The largest absolute Gasteiger partial charge is 0.396 e. The second kappa shape index (κ2) is 6.55. The minimum absolute atomic E-state index is 0.134. The molecule has 2 nitrogen and oxygen atoms in total. The van der Waals surface area contributed by atoms with Gasteiger partial charge in [-0.05, 0) is 30.9 Å². The minimum atomic E-state index is -0.134. The Morgan fingerprint density at radius 2 is 2.28 bits per heavy atom. The molecule has 0 saturated heterocycles. The van der Waals surface area contributed by atoms with Crippen LogP contribution in [-0.2, 0) is 6.54 Å². The number of thioether (sulfide) groups is 1. The van der Waals surface area contributed by atoms with Crippen LogP contribution in [-0.4, -0.2) is 23.5 Å². The van der Waals surface area contributed by atoms with Crippen molar-refractivity contribution in [3.8, 4) is 0 Å². The maximum absolute atomic E-state index is 13.8. The van der Waals surface area contributed by atoms with Crippen LogP contribution in [0.2, 0.25) is 0 Å². The highest BCUT2D eigenvalue weighted by Crippen LogP contribution is 2.28. The Morgan fingerprint density at radius 1 is 1.50 bits per heavy atom. The van der Waals surface area contributed by atoms with Gasteiger partial charge in [0.05, 0.1) is 0 Å². The van der Waals surface area contributed by atoms with Crippen molar-refractivity contribution in [2.75, 3.05) is 12.4 Å². The molecule has 1 aromatic carbocycles. The molecule has 18 heavy (non-hydrogen) atoms. The van der Waals surface area contributed by atoms with Crippen LogP contribution in [0.5, 0.6) is 0 Å². The van der Waals surface area contributed by atoms with Crippen molar-refractivity contribution in [2.45, 2.75) is 37.2 Å². The second-order valence-electron chi connectivity index (χ2n) is 4.97. The summed E-state index contributed by atoms with van der Waals surface area (Å²) >= 11 is 1.63. The summed E-state index contributed by atoms with van der Waals surface area (Å²) in [6.45, 7) is 2.78. The van der Waals surface area contributed by atoms with E-state index in [4.69, 9.17) is 5.11 Å². The molecule has 2 N–H and O–H groups in total. The second-order valence-corrected chi connectivity index (χ2v) is 6.03. The molecule has 1 aliphatic carbocycles. The Labute approximate surface area is 112 Å². The van der Waals surface area contributed by atoms with E-state index in [0.29, 0.717) is 12.6 Å². The first-order valence-electron chi connectivity index (χ1n) is 6.45. The molecule has 1 unspecified atom stereocenters. The van der Waals surface area contributed by atoms with Gasteiger partial charge in [0.2, 0.25) is 0 Å². The number of hydrogen-bond donors (Lipinski definition) is 2. The molecule has 4 heteroatoms.